The van der Waals surface area contributed by atoms with Crippen molar-refractivity contribution in [2.45, 2.75) is 6.54 Å². The number of ether oxygens (including phenoxy) is 1. The number of nitrogens with two attached hydrogens (primary N) is 1. The summed E-state index contributed by atoms with van der Waals surface area (Å²) in [6.45, 7) is 0.134. The first-order valence-electron chi connectivity index (χ1n) is 6.15. The topological polar surface area (TPSA) is 76.4 Å². The Bertz CT molecular complexity index is 675. The van der Waals surface area contributed by atoms with Crippen LogP contribution >= 0.6 is 0 Å². The molecule has 0 aliphatic rings. The molecule has 0 atom stereocenters. The summed E-state index contributed by atoms with van der Waals surface area (Å²) in [7, 11) is 0. The molecule has 2 aromatic carbocycles. The zero-order chi connectivity index (χ0) is 16.1. The molecule has 0 aromatic heterocycles. The minimum absolute atomic E-state index is 0.134. The van der Waals surface area contributed by atoms with Crippen LogP contribution in [0.5, 0.6) is 11.5 Å². The maximum atomic E-state index is 13.9. The summed E-state index contributed by atoms with van der Waals surface area (Å²) in [6.07, 6.45) is 0. The summed E-state index contributed by atoms with van der Waals surface area (Å²) < 4.78 is 45.0. The Labute approximate surface area is 123 Å². The van der Waals surface area contributed by atoms with Crippen molar-refractivity contribution in [2.75, 3.05) is 0 Å². The average molecular weight is 311 g/mol. The number of hydrogen-bond donors (Lipinski definition) is 3. The number of nitrogens with one attached hydrogen (secondary N) is 2. The molecule has 4 N–H and O–H groups in total. The molecular formula is C14H12F3N3O2. The van der Waals surface area contributed by atoms with Gasteiger partial charge in [0.15, 0.2) is 11.6 Å². The standard InChI is InChI=1S/C14H12F3N3O2/c15-9-4-10(16)6-11(5-9)22-13-2-1-8(3-12(13)17)7-19-20-14(18)21/h1-6,19H,7H2,(H3,18,20,21). The number of halogens is 3. The minimum Gasteiger partial charge on any atom is -0.454 e. The van der Waals surface area contributed by atoms with E-state index in [0.717, 1.165) is 18.2 Å². The van der Waals surface area contributed by atoms with Gasteiger partial charge in [0.25, 0.3) is 0 Å². The molecule has 2 amide bonds. The van der Waals surface area contributed by atoms with E-state index < -0.39 is 23.5 Å². The Balaban J connectivity index is 2.07. The van der Waals surface area contributed by atoms with Crippen LogP contribution in [-0.4, -0.2) is 6.03 Å². The molecule has 0 saturated carbocycles. The van der Waals surface area contributed by atoms with Crippen LogP contribution in [0.1, 0.15) is 5.56 Å². The van der Waals surface area contributed by atoms with Gasteiger partial charge in [-0.15, -0.1) is 0 Å². The lowest BCUT2D eigenvalue weighted by Gasteiger charge is -2.09. The Kier molecular flexibility index (Phi) is 4.84. The molecule has 0 fully saturated rings. The highest BCUT2D eigenvalue weighted by Crippen LogP contribution is 2.26. The second-order valence-electron chi connectivity index (χ2n) is 4.31. The Hall–Kier alpha value is -2.74. The molecule has 0 bridgehead atoms. The van der Waals surface area contributed by atoms with Gasteiger partial charge in [-0.05, 0) is 17.7 Å². The van der Waals surface area contributed by atoms with Crippen LogP contribution in [0.15, 0.2) is 36.4 Å². The molecule has 0 radical (unpaired) electrons. The Morgan fingerprint density at radius 2 is 1.77 bits per heavy atom. The van der Waals surface area contributed by atoms with Crippen LogP contribution in [0.25, 0.3) is 0 Å². The number of carbonyl (C=O) groups excluding carboxylic acids is 1. The zero-order valence-electron chi connectivity index (χ0n) is 11.2. The third-order valence-corrected chi connectivity index (χ3v) is 2.56. The highest BCUT2D eigenvalue weighted by Gasteiger charge is 2.08. The lowest BCUT2D eigenvalue weighted by molar-refractivity contribution is 0.244. The monoisotopic (exact) mass is 311 g/mol. The number of urea groups is 1. The molecule has 0 aliphatic heterocycles. The fourth-order valence-electron chi connectivity index (χ4n) is 1.68. The molecule has 2 aromatic rings. The smallest absolute Gasteiger partial charge is 0.326 e. The minimum atomic E-state index is -0.825. The van der Waals surface area contributed by atoms with Crippen molar-refractivity contribution in [3.05, 3.63) is 59.4 Å². The van der Waals surface area contributed by atoms with Crippen LogP contribution in [0.2, 0.25) is 0 Å². The lowest BCUT2D eigenvalue weighted by Crippen LogP contribution is -2.40. The van der Waals surface area contributed by atoms with Gasteiger partial charge in [-0.25, -0.2) is 23.4 Å². The van der Waals surface area contributed by atoms with E-state index in [2.05, 4.69) is 10.9 Å². The number of amides is 2. The van der Waals surface area contributed by atoms with Crippen molar-refractivity contribution in [3.63, 3.8) is 0 Å². The first kappa shape index (κ1) is 15.6. The SMILES string of the molecule is NC(=O)NNCc1ccc(Oc2cc(F)cc(F)c2)c(F)c1. The molecule has 22 heavy (non-hydrogen) atoms. The molecule has 0 spiro atoms. The summed E-state index contributed by atoms with van der Waals surface area (Å²) in [4.78, 5) is 10.5. The quantitative estimate of drug-likeness (QED) is 0.743. The molecule has 5 nitrogen and oxygen atoms in total. The van der Waals surface area contributed by atoms with Gasteiger partial charge < -0.3 is 10.5 Å². The summed E-state index contributed by atoms with van der Waals surface area (Å²) in [5, 5.41) is 0. The highest BCUT2D eigenvalue weighted by atomic mass is 19.1. The zero-order valence-corrected chi connectivity index (χ0v) is 11.2. The maximum Gasteiger partial charge on any atom is 0.326 e. The van der Waals surface area contributed by atoms with Crippen LogP contribution < -0.4 is 21.3 Å². The predicted molar refractivity (Wildman–Crippen MR) is 72.4 cm³/mol. The maximum absolute atomic E-state index is 13.9. The van der Waals surface area contributed by atoms with Gasteiger partial charge in [-0.3, -0.25) is 5.43 Å². The largest absolute Gasteiger partial charge is 0.454 e. The Morgan fingerprint density at radius 3 is 2.36 bits per heavy atom. The highest BCUT2D eigenvalue weighted by molar-refractivity contribution is 5.70. The lowest BCUT2D eigenvalue weighted by atomic mass is 10.2. The van der Waals surface area contributed by atoms with Crippen molar-refractivity contribution in [3.8, 4) is 11.5 Å². The summed E-state index contributed by atoms with van der Waals surface area (Å²) in [5.74, 6) is -2.71. The van der Waals surface area contributed by atoms with E-state index in [1.807, 2.05) is 0 Å². The van der Waals surface area contributed by atoms with Crippen LogP contribution in [0.3, 0.4) is 0 Å². The van der Waals surface area contributed by atoms with Crippen molar-refractivity contribution < 1.29 is 22.7 Å². The van der Waals surface area contributed by atoms with Gasteiger partial charge in [0.1, 0.15) is 17.4 Å². The predicted octanol–water partition coefficient (Wildman–Crippen LogP) is 2.57. The number of benzene rings is 2. The molecule has 0 unspecified atom stereocenters. The molecule has 0 heterocycles. The molecule has 116 valence electrons. The van der Waals surface area contributed by atoms with E-state index >= 15 is 0 Å². The second-order valence-corrected chi connectivity index (χ2v) is 4.31. The number of rotatable bonds is 5. The molecular weight excluding hydrogens is 299 g/mol. The molecule has 8 heteroatoms. The summed E-state index contributed by atoms with van der Waals surface area (Å²) in [6, 6.07) is 5.77. The second kappa shape index (κ2) is 6.81. The number of primary amides is 1. The van der Waals surface area contributed by atoms with Crippen molar-refractivity contribution >= 4 is 6.03 Å². The van der Waals surface area contributed by atoms with E-state index in [1.165, 1.54) is 12.1 Å². The average Bonchev–Trinajstić information content (AvgIpc) is 2.40. The van der Waals surface area contributed by atoms with Crippen molar-refractivity contribution in [1.29, 1.82) is 0 Å². The Morgan fingerprint density at radius 1 is 1.09 bits per heavy atom. The van der Waals surface area contributed by atoms with Gasteiger partial charge in [0.05, 0.1) is 0 Å². The number of hydrazine groups is 1. The third-order valence-electron chi connectivity index (χ3n) is 2.56. The van der Waals surface area contributed by atoms with E-state index in [9.17, 15) is 18.0 Å². The van der Waals surface area contributed by atoms with Gasteiger partial charge in [0.2, 0.25) is 0 Å². The molecule has 0 saturated heterocycles. The third kappa shape index (κ3) is 4.38. The van der Waals surface area contributed by atoms with E-state index in [-0.39, 0.29) is 18.0 Å². The first-order valence-corrected chi connectivity index (χ1v) is 6.15. The fraction of sp³-hybridized carbons (Fsp3) is 0.0714. The van der Waals surface area contributed by atoms with Crippen LogP contribution in [-0.2, 0) is 6.54 Å². The summed E-state index contributed by atoms with van der Waals surface area (Å²) in [5.41, 5.74) is 9.97. The number of carbonyl (C=O) groups is 1. The molecule has 0 aliphatic carbocycles. The van der Waals surface area contributed by atoms with Crippen LogP contribution in [0, 0.1) is 17.5 Å². The first-order chi connectivity index (χ1) is 10.4. The van der Waals surface area contributed by atoms with Crippen molar-refractivity contribution in [2.24, 2.45) is 5.73 Å². The molecule has 2 rings (SSSR count). The van der Waals surface area contributed by atoms with Gasteiger partial charge in [-0.1, -0.05) is 6.07 Å². The van der Waals surface area contributed by atoms with Crippen LogP contribution in [0.4, 0.5) is 18.0 Å². The van der Waals surface area contributed by atoms with Gasteiger partial charge in [0, 0.05) is 24.7 Å². The fourth-order valence-corrected chi connectivity index (χ4v) is 1.68. The van der Waals surface area contributed by atoms with E-state index in [0.29, 0.717) is 11.6 Å². The van der Waals surface area contributed by atoms with E-state index in [4.69, 9.17) is 10.5 Å². The van der Waals surface area contributed by atoms with Crippen molar-refractivity contribution in [1.82, 2.24) is 10.9 Å². The summed E-state index contributed by atoms with van der Waals surface area (Å²) >= 11 is 0. The van der Waals surface area contributed by atoms with Gasteiger partial charge in [-0.2, -0.15) is 0 Å². The van der Waals surface area contributed by atoms with E-state index in [1.54, 1.807) is 0 Å². The van der Waals surface area contributed by atoms with Gasteiger partial charge >= 0.3 is 6.03 Å². The number of hydrogen-bond acceptors (Lipinski definition) is 3. The normalized spacial score (nSPS) is 10.3.